The Bertz CT molecular complexity index is 1100. The normalized spacial score (nSPS) is 12.3. The van der Waals surface area contributed by atoms with E-state index in [0.29, 0.717) is 0 Å². The molecule has 0 fully saturated rings. The van der Waals surface area contributed by atoms with E-state index < -0.39 is 29.7 Å². The van der Waals surface area contributed by atoms with Gasteiger partial charge in [0.05, 0.1) is 13.0 Å². The molecular weight excluding hydrogens is 456 g/mol. The second kappa shape index (κ2) is 12.0. The Morgan fingerprint density at radius 2 is 1.71 bits per heavy atom. The molecule has 2 amide bonds. The predicted molar refractivity (Wildman–Crippen MR) is 134 cm³/mol. The zero-order chi connectivity index (χ0) is 25.4. The van der Waals surface area contributed by atoms with E-state index >= 15 is 0 Å². The SMILES string of the molecule is COc1ccc2cc(C(C)C(=O)SCC(NC(C)=O)C(=O)NC(=N)NC(=N)N(C)C)ccc2c1. The minimum Gasteiger partial charge on any atom is -0.497 e. The monoisotopic (exact) mass is 486 g/mol. The van der Waals surface area contributed by atoms with Gasteiger partial charge in [0.25, 0.3) is 0 Å². The van der Waals surface area contributed by atoms with E-state index in [9.17, 15) is 14.4 Å². The molecule has 10 nitrogen and oxygen atoms in total. The fourth-order valence-corrected chi connectivity index (χ4v) is 3.92. The molecule has 0 saturated heterocycles. The molecule has 2 unspecified atom stereocenters. The molecule has 5 N–H and O–H groups in total. The Morgan fingerprint density at radius 3 is 2.32 bits per heavy atom. The van der Waals surface area contributed by atoms with Crippen LogP contribution in [0.15, 0.2) is 36.4 Å². The second-order valence-corrected chi connectivity index (χ2v) is 8.83. The average Bonchev–Trinajstić information content (AvgIpc) is 2.79. The van der Waals surface area contributed by atoms with Gasteiger partial charge in [-0.2, -0.15) is 0 Å². The maximum Gasteiger partial charge on any atom is 0.250 e. The van der Waals surface area contributed by atoms with Crippen molar-refractivity contribution in [2.24, 2.45) is 0 Å². The van der Waals surface area contributed by atoms with Gasteiger partial charge in [0.15, 0.2) is 11.1 Å². The number of fused-ring (bicyclic) bond motifs is 1. The quantitative estimate of drug-likeness (QED) is 0.296. The first kappa shape index (κ1) is 26.7. The average molecular weight is 487 g/mol. The van der Waals surface area contributed by atoms with Crippen LogP contribution in [0.3, 0.4) is 0 Å². The van der Waals surface area contributed by atoms with Crippen molar-refractivity contribution in [3.63, 3.8) is 0 Å². The van der Waals surface area contributed by atoms with E-state index in [1.807, 2.05) is 36.4 Å². The number of carbonyl (C=O) groups is 3. The highest BCUT2D eigenvalue weighted by atomic mass is 32.2. The van der Waals surface area contributed by atoms with Crippen LogP contribution in [-0.4, -0.2) is 66.7 Å². The lowest BCUT2D eigenvalue weighted by Gasteiger charge is -2.20. The molecule has 11 heteroatoms. The largest absolute Gasteiger partial charge is 0.497 e. The van der Waals surface area contributed by atoms with Crippen molar-refractivity contribution in [2.75, 3.05) is 27.0 Å². The van der Waals surface area contributed by atoms with Crippen LogP contribution in [-0.2, 0) is 14.4 Å². The topological polar surface area (TPSA) is 147 Å². The lowest BCUT2D eigenvalue weighted by molar-refractivity contribution is -0.126. The molecule has 0 radical (unpaired) electrons. The molecule has 0 heterocycles. The third kappa shape index (κ3) is 7.48. The molecule has 0 aliphatic rings. The summed E-state index contributed by atoms with van der Waals surface area (Å²) < 4.78 is 5.24. The van der Waals surface area contributed by atoms with Crippen molar-refractivity contribution in [2.45, 2.75) is 25.8 Å². The molecule has 0 aromatic heterocycles. The maximum atomic E-state index is 12.8. The lowest BCUT2D eigenvalue weighted by Crippen LogP contribution is -2.54. The van der Waals surface area contributed by atoms with Gasteiger partial charge in [-0.25, -0.2) is 0 Å². The van der Waals surface area contributed by atoms with Gasteiger partial charge >= 0.3 is 0 Å². The Kier molecular flexibility index (Phi) is 9.43. The van der Waals surface area contributed by atoms with Crippen LogP contribution in [0.4, 0.5) is 0 Å². The summed E-state index contributed by atoms with van der Waals surface area (Å²) in [5.41, 5.74) is 0.837. The number of ether oxygens (including phenoxy) is 1. The third-order valence-corrected chi connectivity index (χ3v) is 6.09. The van der Waals surface area contributed by atoms with Crippen LogP contribution in [0.5, 0.6) is 5.75 Å². The van der Waals surface area contributed by atoms with Gasteiger partial charge in [0, 0.05) is 26.8 Å². The minimum absolute atomic E-state index is 0.00221. The molecule has 0 saturated carbocycles. The molecule has 0 aliphatic heterocycles. The molecule has 0 bridgehead atoms. The first-order valence-corrected chi connectivity index (χ1v) is 11.4. The molecular formula is C23H30N6O4S. The zero-order valence-corrected chi connectivity index (χ0v) is 20.6. The number of thioether (sulfide) groups is 1. The van der Waals surface area contributed by atoms with Crippen molar-refractivity contribution in [3.05, 3.63) is 42.0 Å². The fourth-order valence-electron chi connectivity index (χ4n) is 2.97. The Balaban J connectivity index is 2.03. The lowest BCUT2D eigenvalue weighted by atomic mass is 9.99. The van der Waals surface area contributed by atoms with Crippen molar-refractivity contribution < 1.29 is 19.1 Å². The predicted octanol–water partition coefficient (Wildman–Crippen LogP) is 1.85. The Labute approximate surface area is 202 Å². The first-order valence-electron chi connectivity index (χ1n) is 10.5. The number of nitrogens with zero attached hydrogens (tertiary/aromatic N) is 1. The molecule has 2 rings (SSSR count). The number of amides is 2. The highest BCUT2D eigenvalue weighted by Gasteiger charge is 2.24. The smallest absolute Gasteiger partial charge is 0.250 e. The van der Waals surface area contributed by atoms with E-state index in [1.165, 1.54) is 11.8 Å². The molecule has 34 heavy (non-hydrogen) atoms. The minimum atomic E-state index is -1.03. The molecule has 2 aromatic rings. The van der Waals surface area contributed by atoms with Crippen LogP contribution in [0.2, 0.25) is 0 Å². The second-order valence-electron chi connectivity index (χ2n) is 7.81. The van der Waals surface area contributed by atoms with Crippen LogP contribution in [0.25, 0.3) is 10.8 Å². The van der Waals surface area contributed by atoms with Crippen LogP contribution < -0.4 is 20.7 Å². The van der Waals surface area contributed by atoms with Gasteiger partial charge in [0.2, 0.25) is 17.8 Å². The zero-order valence-electron chi connectivity index (χ0n) is 19.8. The summed E-state index contributed by atoms with van der Waals surface area (Å²) in [6.07, 6.45) is 0. The molecule has 182 valence electrons. The van der Waals surface area contributed by atoms with Crippen molar-refractivity contribution in [3.8, 4) is 5.75 Å². The molecule has 2 atom stereocenters. The van der Waals surface area contributed by atoms with Crippen LogP contribution >= 0.6 is 11.8 Å². The standard InChI is InChI=1S/C23H30N6O4S/c1-13(15-6-7-17-11-18(33-5)9-8-16(17)10-15)21(32)34-12-19(26-14(2)30)20(31)27-22(24)28-23(25)29(3)4/h6-11,13,19H,12H2,1-5H3,(H,26,30)(H4,24,25,27,28,31). The molecule has 0 spiro atoms. The van der Waals surface area contributed by atoms with E-state index in [2.05, 4.69) is 16.0 Å². The third-order valence-electron chi connectivity index (χ3n) is 4.95. The summed E-state index contributed by atoms with van der Waals surface area (Å²) in [5, 5.41) is 24.5. The number of guanidine groups is 2. The van der Waals surface area contributed by atoms with E-state index in [1.54, 1.807) is 28.1 Å². The number of rotatable bonds is 7. The van der Waals surface area contributed by atoms with E-state index in [4.69, 9.17) is 15.6 Å². The number of benzene rings is 2. The van der Waals surface area contributed by atoms with Gasteiger partial charge < -0.3 is 15.0 Å². The van der Waals surface area contributed by atoms with Crippen LogP contribution in [0, 0.1) is 10.8 Å². The summed E-state index contributed by atoms with van der Waals surface area (Å²) in [6.45, 7) is 3.06. The summed E-state index contributed by atoms with van der Waals surface area (Å²) in [4.78, 5) is 38.4. The molecule has 0 aliphatic carbocycles. The van der Waals surface area contributed by atoms with Crippen molar-refractivity contribution in [1.29, 1.82) is 10.8 Å². The summed E-state index contributed by atoms with van der Waals surface area (Å²) in [5.74, 6) is -1.27. The number of nitrogens with one attached hydrogen (secondary N) is 5. The highest BCUT2D eigenvalue weighted by molar-refractivity contribution is 8.13. The van der Waals surface area contributed by atoms with Gasteiger partial charge in [0.1, 0.15) is 11.8 Å². The van der Waals surface area contributed by atoms with Crippen LogP contribution in [0.1, 0.15) is 25.3 Å². The number of hydrogen-bond donors (Lipinski definition) is 5. The van der Waals surface area contributed by atoms with Crippen molar-refractivity contribution in [1.82, 2.24) is 20.9 Å². The van der Waals surface area contributed by atoms with Gasteiger partial charge in [-0.1, -0.05) is 43.0 Å². The Hall–Kier alpha value is -3.60. The number of methoxy groups -OCH3 is 1. The summed E-state index contributed by atoms with van der Waals surface area (Å²) in [7, 11) is 4.83. The van der Waals surface area contributed by atoms with Gasteiger partial charge in [-0.05, 0) is 28.5 Å². The summed E-state index contributed by atoms with van der Waals surface area (Å²) in [6, 6.07) is 10.4. The maximum absolute atomic E-state index is 12.8. The fraction of sp³-hybridized carbons (Fsp3) is 0.348. The van der Waals surface area contributed by atoms with Gasteiger partial charge in [-0.3, -0.25) is 35.8 Å². The highest BCUT2D eigenvalue weighted by Crippen LogP contribution is 2.28. The number of hydrogen-bond acceptors (Lipinski definition) is 7. The number of carbonyl (C=O) groups excluding carboxylic acids is 3. The van der Waals surface area contributed by atoms with E-state index in [-0.39, 0.29) is 16.8 Å². The Morgan fingerprint density at radius 1 is 1.06 bits per heavy atom. The van der Waals surface area contributed by atoms with Crippen molar-refractivity contribution >= 4 is 51.4 Å². The molecule has 2 aromatic carbocycles. The van der Waals surface area contributed by atoms with Gasteiger partial charge in [-0.15, -0.1) is 0 Å². The first-order chi connectivity index (χ1) is 16.0. The van der Waals surface area contributed by atoms with E-state index in [0.717, 1.165) is 33.8 Å². The summed E-state index contributed by atoms with van der Waals surface area (Å²) >= 11 is 0.939.